The van der Waals surface area contributed by atoms with Gasteiger partial charge in [0.25, 0.3) is 0 Å². The van der Waals surface area contributed by atoms with Gasteiger partial charge in [-0.1, -0.05) is 29.8 Å². The molecule has 0 radical (unpaired) electrons. The molecule has 0 aliphatic carbocycles. The highest BCUT2D eigenvalue weighted by Crippen LogP contribution is 2.25. The highest BCUT2D eigenvalue weighted by Gasteiger charge is 2.28. The second-order valence-corrected chi connectivity index (χ2v) is 8.29. The number of rotatable bonds is 5. The first kappa shape index (κ1) is 16.7. The first-order chi connectivity index (χ1) is 9.93. The summed E-state index contributed by atoms with van der Waals surface area (Å²) in [7, 11) is -0.918. The number of nitrogens with one attached hydrogen (secondary N) is 1. The summed E-state index contributed by atoms with van der Waals surface area (Å²) in [6.07, 6.45) is 0.907. The van der Waals surface area contributed by atoms with Crippen LogP contribution in [0.3, 0.4) is 0 Å². The monoisotopic (exact) mass is 330 g/mol. The van der Waals surface area contributed by atoms with Gasteiger partial charge in [-0.2, -0.15) is 0 Å². The Bertz CT molecular complexity index is 577. The van der Waals surface area contributed by atoms with Gasteiger partial charge >= 0.3 is 0 Å². The van der Waals surface area contributed by atoms with E-state index < -0.39 is 9.84 Å². The molecular weight excluding hydrogens is 308 g/mol. The summed E-state index contributed by atoms with van der Waals surface area (Å²) in [5.41, 5.74) is 1.10. The number of nitrogens with zero attached hydrogens (tertiary/aromatic N) is 1. The Morgan fingerprint density at radius 2 is 2.14 bits per heavy atom. The van der Waals surface area contributed by atoms with Crippen LogP contribution < -0.4 is 5.32 Å². The number of benzene rings is 1. The fraction of sp³-hybridized carbons (Fsp3) is 0.600. The van der Waals surface area contributed by atoms with Crippen LogP contribution >= 0.6 is 11.6 Å². The molecule has 21 heavy (non-hydrogen) atoms. The minimum absolute atomic E-state index is 0.0903. The highest BCUT2D eigenvalue weighted by molar-refractivity contribution is 7.91. The Balaban J connectivity index is 1.97. The molecule has 0 bridgehead atoms. The molecule has 1 N–H and O–H groups in total. The molecule has 4 nitrogen and oxygen atoms in total. The SMILES string of the molecule is CNC(CCN1CCS(=O)(=O)CC1C)c1ccccc1Cl. The number of hydrogen-bond acceptors (Lipinski definition) is 4. The van der Waals surface area contributed by atoms with Gasteiger partial charge in [0.05, 0.1) is 11.5 Å². The molecule has 1 aromatic carbocycles. The second kappa shape index (κ2) is 7.09. The van der Waals surface area contributed by atoms with Crippen LogP contribution in [0.15, 0.2) is 24.3 Å². The molecule has 2 atom stereocenters. The second-order valence-electron chi connectivity index (χ2n) is 5.65. The molecule has 2 unspecified atom stereocenters. The van der Waals surface area contributed by atoms with Crippen molar-refractivity contribution in [3.05, 3.63) is 34.9 Å². The molecule has 0 amide bonds. The van der Waals surface area contributed by atoms with Crippen molar-refractivity contribution in [3.63, 3.8) is 0 Å². The molecule has 0 aromatic heterocycles. The molecule has 1 heterocycles. The minimum Gasteiger partial charge on any atom is -0.313 e. The maximum Gasteiger partial charge on any atom is 0.153 e. The van der Waals surface area contributed by atoms with E-state index in [0.29, 0.717) is 6.54 Å². The number of halogens is 1. The maximum absolute atomic E-state index is 11.6. The molecule has 1 fully saturated rings. The fourth-order valence-corrected chi connectivity index (χ4v) is 4.77. The number of hydrogen-bond donors (Lipinski definition) is 1. The molecular formula is C15H23ClN2O2S. The third-order valence-corrected chi connectivity index (χ3v) is 6.28. The molecule has 118 valence electrons. The molecule has 6 heteroatoms. The normalized spacial score (nSPS) is 23.9. The average Bonchev–Trinajstić information content (AvgIpc) is 2.42. The van der Waals surface area contributed by atoms with E-state index in [9.17, 15) is 8.42 Å². The third kappa shape index (κ3) is 4.42. The average molecular weight is 331 g/mol. The summed E-state index contributed by atoms with van der Waals surface area (Å²) in [4.78, 5) is 2.25. The van der Waals surface area contributed by atoms with Crippen LogP contribution in [0, 0.1) is 0 Å². The zero-order valence-corrected chi connectivity index (χ0v) is 14.1. The lowest BCUT2D eigenvalue weighted by Crippen LogP contribution is -2.47. The van der Waals surface area contributed by atoms with Crippen LogP contribution in [0.1, 0.15) is 24.9 Å². The minimum atomic E-state index is -2.85. The summed E-state index contributed by atoms with van der Waals surface area (Å²) >= 11 is 6.25. The Morgan fingerprint density at radius 1 is 1.43 bits per heavy atom. The molecule has 0 spiro atoms. The Morgan fingerprint density at radius 3 is 2.76 bits per heavy atom. The zero-order valence-electron chi connectivity index (χ0n) is 12.5. The molecule has 2 rings (SSSR count). The van der Waals surface area contributed by atoms with Gasteiger partial charge in [0, 0.05) is 30.2 Å². The van der Waals surface area contributed by atoms with Crippen molar-refractivity contribution < 1.29 is 8.42 Å². The standard InChI is InChI=1S/C15H23ClN2O2S/c1-12-11-21(19,20)10-9-18(12)8-7-15(17-2)13-5-3-4-6-14(13)16/h3-6,12,15,17H,7-11H2,1-2H3. The van der Waals surface area contributed by atoms with Gasteiger partial charge in [-0.15, -0.1) is 0 Å². The molecule has 1 aliphatic rings. The van der Waals surface area contributed by atoms with Gasteiger partial charge in [0.2, 0.25) is 0 Å². The Hall–Kier alpha value is -0.620. The van der Waals surface area contributed by atoms with Crippen LogP contribution in [0.5, 0.6) is 0 Å². The van der Waals surface area contributed by atoms with Crippen molar-refractivity contribution in [2.24, 2.45) is 0 Å². The maximum atomic E-state index is 11.6. The van der Waals surface area contributed by atoms with Crippen LogP contribution in [0.2, 0.25) is 5.02 Å². The Kier molecular flexibility index (Phi) is 5.66. The third-order valence-electron chi connectivity index (χ3n) is 4.14. The lowest BCUT2D eigenvalue weighted by molar-refractivity contribution is 0.215. The summed E-state index contributed by atoms with van der Waals surface area (Å²) in [5, 5.41) is 4.07. The van der Waals surface area contributed by atoms with E-state index in [4.69, 9.17) is 11.6 Å². The van der Waals surface area contributed by atoms with Crippen molar-refractivity contribution in [2.45, 2.75) is 25.4 Å². The van der Waals surface area contributed by atoms with E-state index in [2.05, 4.69) is 10.2 Å². The lowest BCUT2D eigenvalue weighted by atomic mass is 10.0. The predicted octanol–water partition coefficient (Wildman–Crippen LogP) is 2.11. The summed E-state index contributed by atoms with van der Waals surface area (Å²) in [5.74, 6) is 0.539. The van der Waals surface area contributed by atoms with E-state index in [-0.39, 0.29) is 23.6 Å². The van der Waals surface area contributed by atoms with Gasteiger partial charge in [0.1, 0.15) is 0 Å². The molecule has 1 saturated heterocycles. The van der Waals surface area contributed by atoms with Gasteiger partial charge in [-0.05, 0) is 32.0 Å². The van der Waals surface area contributed by atoms with Gasteiger partial charge in [0.15, 0.2) is 9.84 Å². The van der Waals surface area contributed by atoms with Crippen LogP contribution in [-0.2, 0) is 9.84 Å². The summed E-state index contributed by atoms with van der Waals surface area (Å²) in [6, 6.07) is 8.12. The molecule has 0 saturated carbocycles. The van der Waals surface area contributed by atoms with E-state index in [1.165, 1.54) is 0 Å². The van der Waals surface area contributed by atoms with Crippen molar-refractivity contribution in [2.75, 3.05) is 31.6 Å². The van der Waals surface area contributed by atoms with Crippen molar-refractivity contribution in [3.8, 4) is 0 Å². The highest BCUT2D eigenvalue weighted by atomic mass is 35.5. The number of sulfone groups is 1. The van der Waals surface area contributed by atoms with Crippen molar-refractivity contribution in [1.29, 1.82) is 0 Å². The first-order valence-electron chi connectivity index (χ1n) is 7.29. The van der Waals surface area contributed by atoms with E-state index in [1.807, 2.05) is 38.2 Å². The van der Waals surface area contributed by atoms with Gasteiger partial charge in [-0.25, -0.2) is 8.42 Å². The summed E-state index contributed by atoms with van der Waals surface area (Å²) in [6.45, 7) is 3.48. The van der Waals surface area contributed by atoms with Crippen molar-refractivity contribution >= 4 is 21.4 Å². The molecule has 1 aliphatic heterocycles. The van der Waals surface area contributed by atoms with Crippen LogP contribution in [-0.4, -0.2) is 51.0 Å². The van der Waals surface area contributed by atoms with E-state index in [1.54, 1.807) is 0 Å². The zero-order chi connectivity index (χ0) is 15.5. The summed E-state index contributed by atoms with van der Waals surface area (Å²) < 4.78 is 23.2. The van der Waals surface area contributed by atoms with Crippen molar-refractivity contribution in [1.82, 2.24) is 10.2 Å². The van der Waals surface area contributed by atoms with Gasteiger partial charge in [-0.3, -0.25) is 4.90 Å². The predicted molar refractivity (Wildman–Crippen MR) is 87.6 cm³/mol. The fourth-order valence-electron chi connectivity index (χ4n) is 2.87. The molecule has 1 aromatic rings. The van der Waals surface area contributed by atoms with Gasteiger partial charge < -0.3 is 5.32 Å². The quantitative estimate of drug-likeness (QED) is 0.898. The smallest absolute Gasteiger partial charge is 0.153 e. The largest absolute Gasteiger partial charge is 0.313 e. The van der Waals surface area contributed by atoms with E-state index >= 15 is 0 Å². The van der Waals surface area contributed by atoms with Crippen LogP contribution in [0.25, 0.3) is 0 Å². The lowest BCUT2D eigenvalue weighted by Gasteiger charge is -2.34. The Labute approximate surface area is 132 Å². The van der Waals surface area contributed by atoms with Crippen LogP contribution in [0.4, 0.5) is 0 Å². The topological polar surface area (TPSA) is 49.4 Å². The van der Waals surface area contributed by atoms with E-state index in [0.717, 1.165) is 23.6 Å². The first-order valence-corrected chi connectivity index (χ1v) is 9.49.